The molecular weight excluding hydrogens is 322 g/mol. The van der Waals surface area contributed by atoms with Gasteiger partial charge in [-0.2, -0.15) is 0 Å². The summed E-state index contributed by atoms with van der Waals surface area (Å²) in [6.07, 6.45) is 1.51. The number of hydrogen-bond acceptors (Lipinski definition) is 4. The summed E-state index contributed by atoms with van der Waals surface area (Å²) in [5.74, 6) is 0.0658. The van der Waals surface area contributed by atoms with Crippen molar-refractivity contribution in [3.05, 3.63) is 29.3 Å². The molecule has 0 aliphatic carbocycles. The van der Waals surface area contributed by atoms with Crippen LogP contribution in [0, 0.1) is 0 Å². The van der Waals surface area contributed by atoms with Crippen molar-refractivity contribution in [2.45, 2.75) is 19.3 Å². The van der Waals surface area contributed by atoms with Crippen molar-refractivity contribution >= 4 is 23.6 Å². The predicted molar refractivity (Wildman–Crippen MR) is 92.7 cm³/mol. The van der Waals surface area contributed by atoms with Crippen molar-refractivity contribution in [3.63, 3.8) is 0 Å². The summed E-state index contributed by atoms with van der Waals surface area (Å²) >= 11 is 0. The maximum atomic E-state index is 12.8. The second kappa shape index (κ2) is 7.13. The fourth-order valence-electron chi connectivity index (χ4n) is 3.40. The number of rotatable bonds is 1. The molecule has 7 heteroatoms. The Hall–Kier alpha value is -2.57. The molecule has 2 aliphatic heterocycles. The number of hydrogen-bond donors (Lipinski definition) is 0. The van der Waals surface area contributed by atoms with Crippen LogP contribution < -0.4 is 4.90 Å². The van der Waals surface area contributed by atoms with Crippen LogP contribution in [0.4, 0.5) is 10.5 Å². The van der Waals surface area contributed by atoms with Gasteiger partial charge >= 0.3 is 6.09 Å². The van der Waals surface area contributed by atoms with E-state index in [1.807, 2.05) is 12.1 Å². The van der Waals surface area contributed by atoms with Crippen LogP contribution in [0.15, 0.2) is 18.2 Å². The quantitative estimate of drug-likeness (QED) is 0.774. The van der Waals surface area contributed by atoms with Gasteiger partial charge in [-0.1, -0.05) is 0 Å². The predicted octanol–water partition coefficient (Wildman–Crippen LogP) is 1.51. The Balaban J connectivity index is 1.73. The molecule has 2 aliphatic rings. The van der Waals surface area contributed by atoms with Gasteiger partial charge in [0.15, 0.2) is 0 Å². The van der Waals surface area contributed by atoms with Gasteiger partial charge in [0.2, 0.25) is 5.91 Å². The van der Waals surface area contributed by atoms with Crippen molar-refractivity contribution in [3.8, 4) is 0 Å². The van der Waals surface area contributed by atoms with Crippen LogP contribution in [0.5, 0.6) is 0 Å². The van der Waals surface area contributed by atoms with Gasteiger partial charge in [0.25, 0.3) is 5.91 Å². The molecule has 134 valence electrons. The molecule has 0 radical (unpaired) electrons. The minimum Gasteiger partial charge on any atom is -0.453 e. The molecule has 0 atom stereocenters. The second-order valence-corrected chi connectivity index (χ2v) is 6.40. The molecule has 1 fully saturated rings. The molecular formula is C18H23N3O4. The Morgan fingerprint density at radius 2 is 1.76 bits per heavy atom. The topological polar surface area (TPSA) is 70.2 Å². The number of nitrogens with zero attached hydrogens (tertiary/aromatic N) is 3. The first-order valence-electron chi connectivity index (χ1n) is 8.53. The third kappa shape index (κ3) is 3.45. The van der Waals surface area contributed by atoms with Gasteiger partial charge in [-0.3, -0.25) is 9.59 Å². The molecule has 0 spiro atoms. The fourth-order valence-corrected chi connectivity index (χ4v) is 3.40. The van der Waals surface area contributed by atoms with E-state index in [2.05, 4.69) is 0 Å². The van der Waals surface area contributed by atoms with Crippen molar-refractivity contribution < 1.29 is 19.1 Å². The standard InChI is InChI=1S/C18H23N3O4/c1-19-15-6-4-14(12-13(15)5-7-16(19)22)17(23)20-8-3-9-21(11-10-20)18(24)25-2/h4,6,12H,3,5,7-11H2,1-2H3. The molecule has 3 amide bonds. The normalized spacial score (nSPS) is 17.8. The number of carbonyl (C=O) groups is 3. The van der Waals surface area contributed by atoms with Crippen LogP contribution in [0.3, 0.4) is 0 Å². The van der Waals surface area contributed by atoms with Gasteiger partial charge in [0.1, 0.15) is 0 Å². The number of carbonyl (C=O) groups excluding carboxylic acids is 3. The monoisotopic (exact) mass is 345 g/mol. The first-order valence-corrected chi connectivity index (χ1v) is 8.53. The molecule has 7 nitrogen and oxygen atoms in total. The summed E-state index contributed by atoms with van der Waals surface area (Å²) in [4.78, 5) is 41.3. The number of fused-ring (bicyclic) bond motifs is 1. The Bertz CT molecular complexity index is 704. The summed E-state index contributed by atoms with van der Waals surface area (Å²) in [6.45, 7) is 2.17. The number of ether oxygens (including phenoxy) is 1. The zero-order valence-corrected chi connectivity index (χ0v) is 14.7. The molecule has 0 N–H and O–H groups in total. The highest BCUT2D eigenvalue weighted by Gasteiger charge is 2.25. The highest BCUT2D eigenvalue weighted by Crippen LogP contribution is 2.28. The Morgan fingerprint density at radius 1 is 1.04 bits per heavy atom. The number of benzene rings is 1. The summed E-state index contributed by atoms with van der Waals surface area (Å²) in [7, 11) is 3.13. The van der Waals surface area contributed by atoms with Gasteiger partial charge in [0.05, 0.1) is 7.11 Å². The molecule has 1 saturated heterocycles. The zero-order chi connectivity index (χ0) is 18.0. The molecule has 0 aromatic heterocycles. The maximum absolute atomic E-state index is 12.8. The van der Waals surface area contributed by atoms with Crippen LogP contribution in [0.1, 0.15) is 28.8 Å². The summed E-state index contributed by atoms with van der Waals surface area (Å²) in [6, 6.07) is 5.51. The van der Waals surface area contributed by atoms with Crippen LogP contribution in [0.2, 0.25) is 0 Å². The van der Waals surface area contributed by atoms with E-state index in [0.29, 0.717) is 44.6 Å². The molecule has 25 heavy (non-hydrogen) atoms. The molecule has 2 heterocycles. The average Bonchev–Trinajstić information content (AvgIpc) is 2.89. The van der Waals surface area contributed by atoms with Crippen molar-refractivity contribution in [2.75, 3.05) is 45.2 Å². The summed E-state index contributed by atoms with van der Waals surface area (Å²) in [5.41, 5.74) is 2.53. The number of anilines is 1. The molecule has 0 bridgehead atoms. The minimum absolute atomic E-state index is 0.0333. The van der Waals surface area contributed by atoms with Crippen molar-refractivity contribution in [1.29, 1.82) is 0 Å². The Labute approximate surface area is 147 Å². The SMILES string of the molecule is COC(=O)N1CCCN(C(=O)c2ccc3c(c2)CCC(=O)N3C)CC1. The van der Waals surface area contributed by atoms with E-state index in [0.717, 1.165) is 17.7 Å². The number of aryl methyl sites for hydroxylation is 1. The second-order valence-electron chi connectivity index (χ2n) is 6.40. The van der Waals surface area contributed by atoms with Crippen LogP contribution >= 0.6 is 0 Å². The lowest BCUT2D eigenvalue weighted by Crippen LogP contribution is -2.37. The number of amides is 3. The van der Waals surface area contributed by atoms with E-state index in [-0.39, 0.29) is 17.9 Å². The maximum Gasteiger partial charge on any atom is 0.409 e. The van der Waals surface area contributed by atoms with Gasteiger partial charge < -0.3 is 19.4 Å². The van der Waals surface area contributed by atoms with Gasteiger partial charge in [-0.15, -0.1) is 0 Å². The first kappa shape index (κ1) is 17.3. The van der Waals surface area contributed by atoms with Gasteiger partial charge in [0, 0.05) is 50.9 Å². The van der Waals surface area contributed by atoms with Gasteiger partial charge in [-0.25, -0.2) is 4.79 Å². The average molecular weight is 345 g/mol. The highest BCUT2D eigenvalue weighted by atomic mass is 16.5. The largest absolute Gasteiger partial charge is 0.453 e. The third-order valence-corrected chi connectivity index (χ3v) is 4.89. The van der Waals surface area contributed by atoms with E-state index >= 15 is 0 Å². The molecule has 0 saturated carbocycles. The van der Waals surface area contributed by atoms with Crippen LogP contribution in [-0.4, -0.2) is 68.0 Å². The molecule has 1 aromatic rings. The smallest absolute Gasteiger partial charge is 0.409 e. The molecule has 0 unspecified atom stereocenters. The molecule has 1 aromatic carbocycles. The van der Waals surface area contributed by atoms with Crippen molar-refractivity contribution in [1.82, 2.24) is 9.80 Å². The third-order valence-electron chi connectivity index (χ3n) is 4.89. The Morgan fingerprint density at radius 3 is 2.52 bits per heavy atom. The lowest BCUT2D eigenvalue weighted by molar-refractivity contribution is -0.118. The summed E-state index contributed by atoms with van der Waals surface area (Å²) in [5, 5.41) is 0. The first-order chi connectivity index (χ1) is 12.0. The van der Waals surface area contributed by atoms with E-state index < -0.39 is 0 Å². The highest BCUT2D eigenvalue weighted by molar-refractivity contribution is 5.99. The van der Waals surface area contributed by atoms with Gasteiger partial charge in [-0.05, 0) is 36.6 Å². The van der Waals surface area contributed by atoms with E-state index in [1.165, 1.54) is 7.11 Å². The van der Waals surface area contributed by atoms with E-state index in [4.69, 9.17) is 4.74 Å². The van der Waals surface area contributed by atoms with Crippen LogP contribution in [0.25, 0.3) is 0 Å². The van der Waals surface area contributed by atoms with E-state index in [9.17, 15) is 14.4 Å². The Kier molecular flexibility index (Phi) is 4.92. The fraction of sp³-hybridized carbons (Fsp3) is 0.500. The van der Waals surface area contributed by atoms with Crippen LogP contribution in [-0.2, 0) is 16.0 Å². The molecule has 3 rings (SSSR count). The lowest BCUT2D eigenvalue weighted by Gasteiger charge is -2.27. The number of methoxy groups -OCH3 is 1. The minimum atomic E-state index is -0.351. The van der Waals surface area contributed by atoms with Crippen molar-refractivity contribution in [2.24, 2.45) is 0 Å². The lowest BCUT2D eigenvalue weighted by atomic mass is 9.98. The summed E-state index contributed by atoms with van der Waals surface area (Å²) < 4.78 is 4.76. The van der Waals surface area contributed by atoms with E-state index in [1.54, 1.807) is 27.8 Å². The zero-order valence-electron chi connectivity index (χ0n) is 14.7.